The molecule has 98 valence electrons. The predicted molar refractivity (Wildman–Crippen MR) is 64.2 cm³/mol. The molecule has 0 amide bonds. The smallest absolute Gasteiger partial charge is 0.289 e. The van der Waals surface area contributed by atoms with E-state index in [4.69, 9.17) is 27.2 Å². The molecule has 0 saturated carbocycles. The van der Waals surface area contributed by atoms with E-state index in [1.807, 2.05) is 0 Å². The molecule has 0 aliphatic rings. The molecule has 17 heavy (non-hydrogen) atoms. The van der Waals surface area contributed by atoms with Crippen LogP contribution in [0.3, 0.4) is 0 Å². The van der Waals surface area contributed by atoms with Gasteiger partial charge in [0.25, 0.3) is 5.92 Å². The first-order chi connectivity index (χ1) is 7.42. The van der Waals surface area contributed by atoms with Gasteiger partial charge in [-0.15, -0.1) is 12.4 Å². The number of halogens is 4. The van der Waals surface area contributed by atoms with Crippen LogP contribution in [-0.4, -0.2) is 24.7 Å². The number of ether oxygens (including phenoxy) is 1. The van der Waals surface area contributed by atoms with Crippen LogP contribution in [0.25, 0.3) is 0 Å². The Balaban J connectivity index is 0.00000256. The topological polar surface area (TPSA) is 55.5 Å². The zero-order valence-corrected chi connectivity index (χ0v) is 10.6. The lowest BCUT2D eigenvalue weighted by molar-refractivity contribution is -0.0715. The van der Waals surface area contributed by atoms with E-state index in [1.54, 1.807) is 0 Å². The summed E-state index contributed by atoms with van der Waals surface area (Å²) in [6.07, 6.45) is 0. The van der Waals surface area contributed by atoms with E-state index >= 15 is 0 Å². The summed E-state index contributed by atoms with van der Waals surface area (Å²) in [5.41, 5.74) is 5.44. The number of hydrogen-bond donors (Lipinski definition) is 2. The molecule has 0 fully saturated rings. The maximum Gasteiger partial charge on any atom is 0.289 e. The van der Waals surface area contributed by atoms with Crippen molar-refractivity contribution in [2.75, 3.05) is 13.7 Å². The summed E-state index contributed by atoms with van der Waals surface area (Å²) in [7, 11) is 1.34. The lowest BCUT2D eigenvalue weighted by Gasteiger charge is -2.23. The largest absolute Gasteiger partial charge is 0.496 e. The molecular formula is C10H13Cl2F2NO2. The summed E-state index contributed by atoms with van der Waals surface area (Å²) in [4.78, 5) is 0. The van der Waals surface area contributed by atoms with E-state index in [0.29, 0.717) is 0 Å². The van der Waals surface area contributed by atoms with Gasteiger partial charge < -0.3 is 15.6 Å². The predicted octanol–water partition coefficient (Wildman–Crippen LogP) is 2.40. The molecule has 0 spiro atoms. The van der Waals surface area contributed by atoms with Crippen molar-refractivity contribution >= 4 is 24.0 Å². The third-order valence-electron chi connectivity index (χ3n) is 2.19. The molecule has 1 aromatic carbocycles. The van der Waals surface area contributed by atoms with Gasteiger partial charge in [0.05, 0.1) is 7.11 Å². The van der Waals surface area contributed by atoms with Crippen molar-refractivity contribution in [3.63, 3.8) is 0 Å². The van der Waals surface area contributed by atoms with Crippen LogP contribution in [0.15, 0.2) is 18.2 Å². The quantitative estimate of drug-likeness (QED) is 0.894. The lowest BCUT2D eigenvalue weighted by Crippen LogP contribution is -2.36. The highest BCUT2D eigenvalue weighted by atomic mass is 35.5. The summed E-state index contributed by atoms with van der Waals surface area (Å²) in [6.45, 7) is -1.33. The number of rotatable bonds is 4. The molecule has 0 aromatic heterocycles. The van der Waals surface area contributed by atoms with E-state index in [9.17, 15) is 8.78 Å². The Morgan fingerprint density at radius 2 is 2.12 bits per heavy atom. The highest BCUT2D eigenvalue weighted by Gasteiger charge is 2.38. The minimum atomic E-state index is -3.42. The minimum absolute atomic E-state index is 0. The third-order valence-corrected chi connectivity index (χ3v) is 2.43. The monoisotopic (exact) mass is 287 g/mol. The molecule has 1 rings (SSSR count). The van der Waals surface area contributed by atoms with Crippen molar-refractivity contribution in [1.29, 1.82) is 0 Å². The maximum absolute atomic E-state index is 13.2. The van der Waals surface area contributed by atoms with E-state index in [1.165, 1.54) is 25.3 Å². The van der Waals surface area contributed by atoms with Gasteiger partial charge in [0, 0.05) is 10.6 Å². The summed E-state index contributed by atoms with van der Waals surface area (Å²) >= 11 is 5.69. The first-order valence-corrected chi connectivity index (χ1v) is 4.88. The molecule has 0 saturated heterocycles. The van der Waals surface area contributed by atoms with E-state index in [0.717, 1.165) is 0 Å². The normalized spacial score (nSPS) is 12.8. The van der Waals surface area contributed by atoms with Gasteiger partial charge in [-0.05, 0) is 18.2 Å². The first kappa shape index (κ1) is 16.4. The van der Waals surface area contributed by atoms with Crippen LogP contribution in [0, 0.1) is 0 Å². The Morgan fingerprint density at radius 1 is 1.53 bits per heavy atom. The number of alkyl halides is 2. The van der Waals surface area contributed by atoms with Crippen molar-refractivity contribution < 1.29 is 18.6 Å². The van der Waals surface area contributed by atoms with Crippen LogP contribution in [0.4, 0.5) is 8.78 Å². The molecular weight excluding hydrogens is 275 g/mol. The summed E-state index contributed by atoms with van der Waals surface area (Å²) in [5.74, 6) is -3.21. The van der Waals surface area contributed by atoms with Gasteiger partial charge >= 0.3 is 0 Å². The number of nitrogens with two attached hydrogens (primary N) is 1. The summed E-state index contributed by atoms with van der Waals surface area (Å²) in [6, 6.07) is 2.60. The van der Waals surface area contributed by atoms with E-state index < -0.39 is 18.6 Å². The zero-order valence-electron chi connectivity index (χ0n) is 8.99. The second-order valence-electron chi connectivity index (χ2n) is 3.28. The van der Waals surface area contributed by atoms with E-state index in [2.05, 4.69) is 0 Å². The van der Waals surface area contributed by atoms with Crippen LogP contribution in [0.5, 0.6) is 5.75 Å². The van der Waals surface area contributed by atoms with Crippen molar-refractivity contribution in [3.8, 4) is 5.75 Å². The van der Waals surface area contributed by atoms with Crippen LogP contribution in [0.1, 0.15) is 11.6 Å². The second kappa shape index (κ2) is 6.35. The molecule has 3 N–H and O–H groups in total. The summed E-state index contributed by atoms with van der Waals surface area (Å²) in [5, 5.41) is 8.83. The Kier molecular flexibility index (Phi) is 6.12. The molecule has 0 bridgehead atoms. The first-order valence-electron chi connectivity index (χ1n) is 4.50. The van der Waals surface area contributed by atoms with Crippen molar-refractivity contribution in [1.82, 2.24) is 0 Å². The average Bonchev–Trinajstić information content (AvgIpc) is 2.28. The number of aliphatic hydroxyl groups excluding tert-OH is 1. The molecule has 0 aliphatic heterocycles. The maximum atomic E-state index is 13.2. The highest BCUT2D eigenvalue weighted by molar-refractivity contribution is 6.30. The Bertz CT molecular complexity index is 377. The Labute approximate surface area is 109 Å². The Hall–Kier alpha value is -0.620. The molecule has 3 nitrogen and oxygen atoms in total. The molecule has 0 radical (unpaired) electrons. The fraction of sp³-hybridized carbons (Fsp3) is 0.400. The number of methoxy groups -OCH3 is 1. The van der Waals surface area contributed by atoms with Crippen molar-refractivity contribution in [2.24, 2.45) is 5.73 Å². The molecule has 0 heterocycles. The molecule has 0 aliphatic carbocycles. The molecule has 7 heteroatoms. The van der Waals surface area contributed by atoms with Gasteiger partial charge in [-0.2, -0.15) is 0 Å². The third kappa shape index (κ3) is 3.67. The van der Waals surface area contributed by atoms with Gasteiger partial charge in [0.2, 0.25) is 0 Å². The highest BCUT2D eigenvalue weighted by Crippen LogP contribution is 2.35. The fourth-order valence-electron chi connectivity index (χ4n) is 1.27. The summed E-state index contributed by atoms with van der Waals surface area (Å²) < 4.78 is 31.3. The molecule has 1 atom stereocenters. The van der Waals surface area contributed by atoms with Gasteiger partial charge in [-0.1, -0.05) is 11.6 Å². The van der Waals surface area contributed by atoms with Crippen LogP contribution in [0.2, 0.25) is 5.02 Å². The van der Waals surface area contributed by atoms with Crippen molar-refractivity contribution in [3.05, 3.63) is 28.8 Å². The van der Waals surface area contributed by atoms with Crippen molar-refractivity contribution in [2.45, 2.75) is 12.0 Å². The van der Waals surface area contributed by atoms with Gasteiger partial charge in [0.1, 0.15) is 18.4 Å². The SMILES string of the molecule is COc1ccc(Cl)cc1[C@H](N)C(F)(F)CO.Cl. The zero-order chi connectivity index (χ0) is 12.3. The van der Waals surface area contributed by atoms with E-state index in [-0.39, 0.29) is 28.7 Å². The standard InChI is InChI=1S/C10H12ClF2NO2.ClH/c1-16-8-3-2-6(11)4-7(8)9(14)10(12,13)5-15;/h2-4,9,15H,5,14H2,1H3;1H/t9-;/m0./s1. The number of aliphatic hydroxyl groups is 1. The van der Waals surface area contributed by atoms with Gasteiger partial charge in [0.15, 0.2) is 0 Å². The second-order valence-corrected chi connectivity index (χ2v) is 3.72. The molecule has 0 unspecified atom stereocenters. The van der Waals surface area contributed by atoms with Crippen LogP contribution in [-0.2, 0) is 0 Å². The van der Waals surface area contributed by atoms with Gasteiger partial charge in [-0.25, -0.2) is 8.78 Å². The average molecular weight is 288 g/mol. The number of hydrogen-bond acceptors (Lipinski definition) is 3. The minimum Gasteiger partial charge on any atom is -0.496 e. The Morgan fingerprint density at radius 3 is 2.59 bits per heavy atom. The number of benzene rings is 1. The molecule has 1 aromatic rings. The van der Waals surface area contributed by atoms with Gasteiger partial charge in [-0.3, -0.25) is 0 Å². The van der Waals surface area contributed by atoms with Crippen LogP contribution >= 0.6 is 24.0 Å². The fourth-order valence-corrected chi connectivity index (χ4v) is 1.45. The lowest BCUT2D eigenvalue weighted by atomic mass is 10.0. The van der Waals surface area contributed by atoms with Crippen LogP contribution < -0.4 is 10.5 Å².